The number of aromatic nitrogens is 1. The molecule has 1 aliphatic carbocycles. The molecule has 0 atom stereocenters. The number of aromatic amines is 1. The number of H-pyrrole nitrogens is 1. The number of aliphatic hydroxyl groups is 1. The van der Waals surface area contributed by atoms with Gasteiger partial charge in [0.1, 0.15) is 5.60 Å². The molecule has 4 nitrogen and oxygen atoms in total. The van der Waals surface area contributed by atoms with Gasteiger partial charge in [0.25, 0.3) is 5.91 Å². The number of hydrogen-bond donors (Lipinski definition) is 3. The van der Waals surface area contributed by atoms with Gasteiger partial charge in [0.15, 0.2) is 0 Å². The second-order valence-corrected chi connectivity index (χ2v) is 4.44. The SMILES string of the molecule is O=C(NCCc1ccc[nH]1)C1(O)CCCC1. The van der Waals surface area contributed by atoms with Gasteiger partial charge in [-0.05, 0) is 37.8 Å². The van der Waals surface area contributed by atoms with Crippen molar-refractivity contribution in [1.29, 1.82) is 0 Å². The Morgan fingerprint density at radius 1 is 1.50 bits per heavy atom. The Bertz CT molecular complexity index is 340. The first-order chi connectivity index (χ1) is 7.71. The van der Waals surface area contributed by atoms with Crippen molar-refractivity contribution in [2.75, 3.05) is 6.54 Å². The molecule has 16 heavy (non-hydrogen) atoms. The molecule has 1 fully saturated rings. The zero-order chi connectivity index (χ0) is 11.4. The minimum absolute atomic E-state index is 0.212. The molecule has 1 aromatic heterocycles. The Balaban J connectivity index is 1.75. The molecule has 1 aliphatic rings. The van der Waals surface area contributed by atoms with Crippen molar-refractivity contribution < 1.29 is 9.90 Å². The standard InChI is InChI=1S/C12H18N2O2/c15-11(12(16)6-1-2-7-12)14-9-5-10-4-3-8-13-10/h3-4,8,13,16H,1-2,5-7,9H2,(H,14,15). The molecule has 0 unspecified atom stereocenters. The van der Waals surface area contributed by atoms with Crippen molar-refractivity contribution in [2.45, 2.75) is 37.7 Å². The van der Waals surface area contributed by atoms with Gasteiger partial charge >= 0.3 is 0 Å². The third kappa shape index (κ3) is 2.44. The van der Waals surface area contributed by atoms with Gasteiger partial charge in [-0.25, -0.2) is 0 Å². The van der Waals surface area contributed by atoms with Crippen LogP contribution in [0.4, 0.5) is 0 Å². The van der Waals surface area contributed by atoms with Crippen molar-refractivity contribution in [2.24, 2.45) is 0 Å². The molecular weight excluding hydrogens is 204 g/mol. The minimum Gasteiger partial charge on any atom is -0.380 e. The molecular formula is C12H18N2O2. The Morgan fingerprint density at radius 3 is 2.88 bits per heavy atom. The van der Waals surface area contributed by atoms with E-state index >= 15 is 0 Å². The zero-order valence-corrected chi connectivity index (χ0v) is 9.33. The van der Waals surface area contributed by atoms with Crippen LogP contribution in [-0.4, -0.2) is 28.1 Å². The van der Waals surface area contributed by atoms with Gasteiger partial charge in [0.05, 0.1) is 0 Å². The van der Waals surface area contributed by atoms with Gasteiger partial charge in [-0.15, -0.1) is 0 Å². The largest absolute Gasteiger partial charge is 0.380 e. The van der Waals surface area contributed by atoms with Crippen molar-refractivity contribution in [1.82, 2.24) is 10.3 Å². The molecule has 1 heterocycles. The van der Waals surface area contributed by atoms with Gasteiger partial charge in [0, 0.05) is 24.9 Å². The molecule has 2 rings (SSSR count). The van der Waals surface area contributed by atoms with Gasteiger partial charge in [0.2, 0.25) is 0 Å². The van der Waals surface area contributed by atoms with E-state index in [0.29, 0.717) is 19.4 Å². The third-order valence-electron chi connectivity index (χ3n) is 3.20. The summed E-state index contributed by atoms with van der Waals surface area (Å²) in [6.45, 7) is 0.571. The molecule has 0 aromatic carbocycles. The van der Waals surface area contributed by atoms with Crippen LogP contribution in [0.2, 0.25) is 0 Å². The van der Waals surface area contributed by atoms with Crippen molar-refractivity contribution >= 4 is 5.91 Å². The minimum atomic E-state index is -1.10. The first-order valence-electron chi connectivity index (χ1n) is 5.84. The van der Waals surface area contributed by atoms with E-state index in [2.05, 4.69) is 10.3 Å². The summed E-state index contributed by atoms with van der Waals surface area (Å²) in [4.78, 5) is 14.8. The molecule has 0 saturated heterocycles. The first-order valence-corrected chi connectivity index (χ1v) is 5.84. The smallest absolute Gasteiger partial charge is 0.251 e. The quantitative estimate of drug-likeness (QED) is 0.711. The van der Waals surface area contributed by atoms with Crippen molar-refractivity contribution in [3.8, 4) is 0 Å². The molecule has 0 radical (unpaired) electrons. The molecule has 88 valence electrons. The molecule has 1 amide bonds. The topological polar surface area (TPSA) is 65.1 Å². The summed E-state index contributed by atoms with van der Waals surface area (Å²) in [5.41, 5.74) is -0.00542. The molecule has 1 aromatic rings. The lowest BCUT2D eigenvalue weighted by atomic mass is 10.0. The van der Waals surface area contributed by atoms with E-state index in [0.717, 1.165) is 25.0 Å². The highest BCUT2D eigenvalue weighted by molar-refractivity contribution is 5.85. The van der Waals surface area contributed by atoms with E-state index in [1.807, 2.05) is 18.3 Å². The maximum Gasteiger partial charge on any atom is 0.251 e. The summed E-state index contributed by atoms with van der Waals surface area (Å²) < 4.78 is 0. The van der Waals surface area contributed by atoms with Gasteiger partial charge < -0.3 is 15.4 Å². The van der Waals surface area contributed by atoms with Crippen molar-refractivity contribution in [3.63, 3.8) is 0 Å². The lowest BCUT2D eigenvalue weighted by molar-refractivity contribution is -0.139. The van der Waals surface area contributed by atoms with E-state index in [4.69, 9.17) is 0 Å². The number of rotatable bonds is 4. The molecule has 0 spiro atoms. The van der Waals surface area contributed by atoms with E-state index < -0.39 is 5.60 Å². The van der Waals surface area contributed by atoms with Crippen LogP contribution in [0.5, 0.6) is 0 Å². The van der Waals surface area contributed by atoms with Gasteiger partial charge in [-0.1, -0.05) is 0 Å². The molecule has 3 N–H and O–H groups in total. The highest BCUT2D eigenvalue weighted by Crippen LogP contribution is 2.29. The van der Waals surface area contributed by atoms with Crippen LogP contribution in [0.15, 0.2) is 18.3 Å². The summed E-state index contributed by atoms with van der Waals surface area (Å²) in [5.74, 6) is -0.212. The van der Waals surface area contributed by atoms with Crippen LogP contribution in [0.25, 0.3) is 0 Å². The number of hydrogen-bond acceptors (Lipinski definition) is 2. The van der Waals surface area contributed by atoms with Gasteiger partial charge in [-0.3, -0.25) is 4.79 Å². The average molecular weight is 222 g/mol. The van der Waals surface area contributed by atoms with Crippen LogP contribution in [-0.2, 0) is 11.2 Å². The number of carbonyl (C=O) groups excluding carboxylic acids is 1. The van der Waals surface area contributed by atoms with E-state index in [-0.39, 0.29) is 5.91 Å². The Hall–Kier alpha value is -1.29. The third-order valence-corrected chi connectivity index (χ3v) is 3.20. The van der Waals surface area contributed by atoms with Crippen LogP contribution < -0.4 is 5.32 Å². The normalized spacial score (nSPS) is 18.6. The number of carbonyl (C=O) groups is 1. The lowest BCUT2D eigenvalue weighted by Gasteiger charge is -2.20. The summed E-state index contributed by atoms with van der Waals surface area (Å²) in [6.07, 6.45) is 5.72. The Morgan fingerprint density at radius 2 is 2.25 bits per heavy atom. The van der Waals surface area contributed by atoms with E-state index in [1.54, 1.807) is 0 Å². The van der Waals surface area contributed by atoms with Crippen LogP contribution in [0.1, 0.15) is 31.4 Å². The lowest BCUT2D eigenvalue weighted by Crippen LogP contribution is -2.45. The fourth-order valence-electron chi connectivity index (χ4n) is 2.19. The second-order valence-electron chi connectivity index (χ2n) is 4.44. The van der Waals surface area contributed by atoms with E-state index in [9.17, 15) is 9.90 Å². The van der Waals surface area contributed by atoms with Crippen molar-refractivity contribution in [3.05, 3.63) is 24.0 Å². The monoisotopic (exact) mass is 222 g/mol. The summed E-state index contributed by atoms with van der Waals surface area (Å²) in [7, 11) is 0. The number of nitrogens with one attached hydrogen (secondary N) is 2. The molecule has 0 bridgehead atoms. The fraction of sp³-hybridized carbons (Fsp3) is 0.583. The fourth-order valence-corrected chi connectivity index (χ4v) is 2.19. The zero-order valence-electron chi connectivity index (χ0n) is 9.33. The summed E-state index contributed by atoms with van der Waals surface area (Å²) in [5, 5.41) is 12.8. The average Bonchev–Trinajstić information content (AvgIpc) is 2.90. The number of amides is 1. The summed E-state index contributed by atoms with van der Waals surface area (Å²) >= 11 is 0. The van der Waals surface area contributed by atoms with Crippen LogP contribution in [0, 0.1) is 0 Å². The molecule has 4 heteroatoms. The van der Waals surface area contributed by atoms with Gasteiger partial charge in [-0.2, -0.15) is 0 Å². The van der Waals surface area contributed by atoms with Crippen LogP contribution in [0.3, 0.4) is 0 Å². The summed E-state index contributed by atoms with van der Waals surface area (Å²) in [6, 6.07) is 3.91. The maximum atomic E-state index is 11.7. The second kappa shape index (κ2) is 4.70. The van der Waals surface area contributed by atoms with E-state index in [1.165, 1.54) is 0 Å². The predicted molar refractivity (Wildman–Crippen MR) is 60.9 cm³/mol. The van der Waals surface area contributed by atoms with Crippen LogP contribution >= 0.6 is 0 Å². The highest BCUT2D eigenvalue weighted by Gasteiger charge is 2.38. The Kier molecular flexibility index (Phi) is 3.29. The first kappa shape index (κ1) is 11.2. The molecule has 0 aliphatic heterocycles. The Labute approximate surface area is 95.1 Å². The maximum absolute atomic E-state index is 11.7. The predicted octanol–water partition coefficient (Wildman–Crippen LogP) is 0.978. The molecule has 1 saturated carbocycles. The highest BCUT2D eigenvalue weighted by atomic mass is 16.3.